The predicted molar refractivity (Wildman–Crippen MR) is 114 cm³/mol. The maximum absolute atomic E-state index is 13.6. The van der Waals surface area contributed by atoms with Crippen molar-refractivity contribution < 1.29 is 23.5 Å². The van der Waals surface area contributed by atoms with E-state index in [1.54, 1.807) is 12.1 Å². The van der Waals surface area contributed by atoms with Crippen molar-refractivity contribution in [3.05, 3.63) is 57.8 Å². The third-order valence-electron chi connectivity index (χ3n) is 4.05. The lowest BCUT2D eigenvalue weighted by Crippen LogP contribution is -2.54. The van der Waals surface area contributed by atoms with Crippen LogP contribution in [0.3, 0.4) is 0 Å². The highest BCUT2D eigenvalue weighted by molar-refractivity contribution is 9.10. The van der Waals surface area contributed by atoms with Gasteiger partial charge in [-0.15, -0.1) is 0 Å². The minimum Gasteiger partial charge on any atom is -0.493 e. The summed E-state index contributed by atoms with van der Waals surface area (Å²) in [4.78, 5) is 26.5. The normalized spacial score (nSPS) is 15.5. The summed E-state index contributed by atoms with van der Waals surface area (Å²) in [6, 6.07) is 8.72. The Morgan fingerprint density at radius 3 is 2.66 bits per heavy atom. The van der Waals surface area contributed by atoms with Gasteiger partial charge in [-0.05, 0) is 61.1 Å². The third kappa shape index (κ3) is 4.30. The molecule has 2 aromatic carbocycles. The lowest BCUT2D eigenvalue weighted by Gasteiger charge is -2.29. The fourth-order valence-electron chi connectivity index (χ4n) is 2.75. The van der Waals surface area contributed by atoms with Gasteiger partial charge >= 0.3 is 0 Å². The number of carbonyl (C=O) groups is 2. The van der Waals surface area contributed by atoms with Crippen molar-refractivity contribution in [3.8, 4) is 11.5 Å². The number of rotatable bonds is 5. The lowest BCUT2D eigenvalue weighted by molar-refractivity contribution is -0.122. The van der Waals surface area contributed by atoms with Crippen LogP contribution in [0.1, 0.15) is 12.5 Å². The zero-order chi connectivity index (χ0) is 21.1. The minimum atomic E-state index is -0.663. The van der Waals surface area contributed by atoms with E-state index in [-0.39, 0.29) is 16.4 Å². The number of anilines is 1. The Morgan fingerprint density at radius 2 is 2.00 bits per heavy atom. The van der Waals surface area contributed by atoms with Gasteiger partial charge in [0, 0.05) is 4.47 Å². The molecule has 29 heavy (non-hydrogen) atoms. The molecular weight excluding hydrogens is 463 g/mol. The molecule has 0 radical (unpaired) electrons. The number of amides is 2. The molecule has 0 unspecified atom stereocenters. The maximum Gasteiger partial charge on any atom is 0.270 e. The Kier molecular flexibility index (Phi) is 6.29. The van der Waals surface area contributed by atoms with Gasteiger partial charge in [0.1, 0.15) is 11.4 Å². The molecule has 0 saturated carbocycles. The topological polar surface area (TPSA) is 67.9 Å². The summed E-state index contributed by atoms with van der Waals surface area (Å²) in [7, 11) is 1.49. The molecule has 0 bridgehead atoms. The second-order valence-corrected chi connectivity index (χ2v) is 7.14. The highest BCUT2D eigenvalue weighted by atomic mass is 79.9. The SMILES string of the molecule is CCOc1cc(Br)c(/C=C2/C(=O)NC(=S)N(c3cccc(F)c3)C2=O)cc1OC. The van der Waals surface area contributed by atoms with Crippen LogP contribution in [-0.2, 0) is 9.59 Å². The maximum atomic E-state index is 13.6. The number of carbonyl (C=O) groups excluding carboxylic acids is 2. The molecule has 1 aliphatic heterocycles. The van der Waals surface area contributed by atoms with Crippen LogP contribution in [0.2, 0.25) is 0 Å². The summed E-state index contributed by atoms with van der Waals surface area (Å²) in [6.07, 6.45) is 1.41. The van der Waals surface area contributed by atoms with E-state index in [0.717, 1.165) is 11.0 Å². The van der Waals surface area contributed by atoms with Crippen LogP contribution >= 0.6 is 28.1 Å². The molecule has 1 heterocycles. The number of thiocarbonyl (C=S) groups is 1. The first-order chi connectivity index (χ1) is 13.8. The molecule has 9 heteroatoms. The van der Waals surface area contributed by atoms with Crippen LogP contribution in [0.4, 0.5) is 10.1 Å². The Hall–Kier alpha value is -2.78. The number of halogens is 2. The van der Waals surface area contributed by atoms with E-state index in [0.29, 0.717) is 28.1 Å². The molecule has 2 amide bonds. The van der Waals surface area contributed by atoms with Gasteiger partial charge in [0.05, 0.1) is 19.4 Å². The van der Waals surface area contributed by atoms with E-state index in [1.165, 1.54) is 31.4 Å². The monoisotopic (exact) mass is 478 g/mol. The number of nitrogens with one attached hydrogen (secondary N) is 1. The van der Waals surface area contributed by atoms with E-state index < -0.39 is 17.6 Å². The highest BCUT2D eigenvalue weighted by Gasteiger charge is 2.34. The minimum absolute atomic E-state index is 0.119. The van der Waals surface area contributed by atoms with Crippen molar-refractivity contribution in [1.82, 2.24) is 5.32 Å². The van der Waals surface area contributed by atoms with E-state index in [2.05, 4.69) is 21.2 Å². The number of methoxy groups -OCH3 is 1. The zero-order valence-electron chi connectivity index (χ0n) is 15.5. The second-order valence-electron chi connectivity index (χ2n) is 5.90. The molecule has 1 N–H and O–H groups in total. The summed E-state index contributed by atoms with van der Waals surface area (Å²) in [5.74, 6) is -0.870. The predicted octanol–water partition coefficient (Wildman–Crippen LogP) is 3.83. The number of benzene rings is 2. The van der Waals surface area contributed by atoms with Crippen LogP contribution < -0.4 is 19.7 Å². The Labute approximate surface area is 180 Å². The number of ether oxygens (including phenoxy) is 2. The van der Waals surface area contributed by atoms with Gasteiger partial charge in [-0.25, -0.2) is 4.39 Å². The van der Waals surface area contributed by atoms with Crippen LogP contribution in [0, 0.1) is 5.82 Å². The standard InChI is InChI=1S/C20H16BrFN2O4S/c1-3-28-17-10-15(21)11(8-16(17)27-2)7-14-18(25)23-20(29)24(19(14)26)13-6-4-5-12(22)9-13/h4-10H,3H2,1-2H3,(H,23,25,29)/b14-7-. The smallest absolute Gasteiger partial charge is 0.270 e. The summed E-state index contributed by atoms with van der Waals surface area (Å²) in [5.41, 5.74) is 0.583. The summed E-state index contributed by atoms with van der Waals surface area (Å²) >= 11 is 8.53. The Bertz CT molecular complexity index is 1040. The highest BCUT2D eigenvalue weighted by Crippen LogP contribution is 2.35. The average molecular weight is 479 g/mol. The van der Waals surface area contributed by atoms with Crippen LogP contribution in [-0.4, -0.2) is 30.6 Å². The van der Waals surface area contributed by atoms with Crippen LogP contribution in [0.15, 0.2) is 46.4 Å². The Balaban J connectivity index is 2.05. The van der Waals surface area contributed by atoms with Gasteiger partial charge in [-0.2, -0.15) is 0 Å². The summed E-state index contributed by atoms with van der Waals surface area (Å²) in [6.45, 7) is 2.29. The molecule has 1 fully saturated rings. The summed E-state index contributed by atoms with van der Waals surface area (Å²) < 4.78 is 25.1. The molecule has 0 aliphatic carbocycles. The number of nitrogens with zero attached hydrogens (tertiary/aromatic N) is 1. The van der Waals surface area contributed by atoms with Gasteiger partial charge in [0.25, 0.3) is 11.8 Å². The number of hydrogen-bond donors (Lipinski definition) is 1. The van der Waals surface area contributed by atoms with Crippen molar-refractivity contribution in [2.75, 3.05) is 18.6 Å². The van der Waals surface area contributed by atoms with Gasteiger partial charge < -0.3 is 9.47 Å². The van der Waals surface area contributed by atoms with Crippen molar-refractivity contribution in [2.24, 2.45) is 0 Å². The molecule has 0 atom stereocenters. The zero-order valence-corrected chi connectivity index (χ0v) is 17.9. The van der Waals surface area contributed by atoms with Crippen molar-refractivity contribution in [2.45, 2.75) is 6.92 Å². The first-order valence-electron chi connectivity index (χ1n) is 8.53. The summed E-state index contributed by atoms with van der Waals surface area (Å²) in [5, 5.41) is 2.34. The van der Waals surface area contributed by atoms with Crippen molar-refractivity contribution in [3.63, 3.8) is 0 Å². The van der Waals surface area contributed by atoms with Gasteiger partial charge in [0.2, 0.25) is 0 Å². The largest absolute Gasteiger partial charge is 0.493 e. The fraction of sp³-hybridized carbons (Fsp3) is 0.150. The van der Waals surface area contributed by atoms with Gasteiger partial charge in [0.15, 0.2) is 16.6 Å². The van der Waals surface area contributed by atoms with Crippen molar-refractivity contribution in [1.29, 1.82) is 0 Å². The van der Waals surface area contributed by atoms with E-state index in [9.17, 15) is 14.0 Å². The van der Waals surface area contributed by atoms with Crippen molar-refractivity contribution >= 4 is 56.8 Å². The Morgan fingerprint density at radius 1 is 1.24 bits per heavy atom. The van der Waals surface area contributed by atoms with Gasteiger partial charge in [-0.1, -0.05) is 22.0 Å². The number of hydrogen-bond acceptors (Lipinski definition) is 5. The molecule has 150 valence electrons. The van der Waals surface area contributed by atoms with E-state index in [1.807, 2.05) is 6.92 Å². The molecular formula is C20H16BrFN2O4S. The molecule has 1 aliphatic rings. The molecule has 2 aromatic rings. The fourth-order valence-corrected chi connectivity index (χ4v) is 3.47. The molecule has 6 nitrogen and oxygen atoms in total. The molecule has 0 aromatic heterocycles. The third-order valence-corrected chi connectivity index (χ3v) is 5.02. The molecule has 0 spiro atoms. The molecule has 3 rings (SSSR count). The van der Waals surface area contributed by atoms with Crippen LogP contribution in [0.5, 0.6) is 11.5 Å². The van der Waals surface area contributed by atoms with Gasteiger partial charge in [-0.3, -0.25) is 19.8 Å². The quantitative estimate of drug-likeness (QED) is 0.401. The molecule has 1 saturated heterocycles. The first-order valence-corrected chi connectivity index (χ1v) is 9.73. The second kappa shape index (κ2) is 8.71. The average Bonchev–Trinajstić information content (AvgIpc) is 2.66. The van der Waals surface area contributed by atoms with E-state index >= 15 is 0 Å². The lowest BCUT2D eigenvalue weighted by atomic mass is 10.1. The van der Waals surface area contributed by atoms with Crippen LogP contribution in [0.25, 0.3) is 6.08 Å². The van der Waals surface area contributed by atoms with E-state index in [4.69, 9.17) is 21.7 Å². The first kappa shape index (κ1) is 20.9.